The fourth-order valence-corrected chi connectivity index (χ4v) is 3.49. The fraction of sp³-hybridized carbons (Fsp3) is 0.533. The van der Waals surface area contributed by atoms with Gasteiger partial charge in [-0.15, -0.1) is 0 Å². The molecule has 1 aromatic rings. The second-order valence-corrected chi connectivity index (χ2v) is 6.06. The van der Waals surface area contributed by atoms with E-state index in [1.165, 1.54) is 12.8 Å². The molecule has 2 saturated heterocycles. The van der Waals surface area contributed by atoms with Gasteiger partial charge in [0.25, 0.3) is 5.91 Å². The molecule has 0 saturated carbocycles. The molecule has 0 bridgehead atoms. The van der Waals surface area contributed by atoms with Crippen LogP contribution < -0.4 is 5.32 Å². The molecule has 4 heteroatoms. The average molecular weight is 279 g/mol. The number of fused-ring (bicyclic) bond motifs is 1. The van der Waals surface area contributed by atoms with Crippen molar-refractivity contribution in [2.75, 3.05) is 19.6 Å². The zero-order valence-corrected chi connectivity index (χ0v) is 11.9. The van der Waals surface area contributed by atoms with Crippen LogP contribution in [-0.4, -0.2) is 36.5 Å². The zero-order chi connectivity index (χ0) is 13.4. The van der Waals surface area contributed by atoms with E-state index in [1.54, 1.807) is 0 Å². The smallest absolute Gasteiger partial charge is 0.255 e. The van der Waals surface area contributed by atoms with Crippen molar-refractivity contribution in [1.29, 1.82) is 0 Å². The summed E-state index contributed by atoms with van der Waals surface area (Å²) in [7, 11) is 0. The topological polar surface area (TPSA) is 32.3 Å². The first kappa shape index (κ1) is 12.9. The average Bonchev–Trinajstić information content (AvgIpc) is 2.81. The molecule has 2 aliphatic rings. The van der Waals surface area contributed by atoms with Gasteiger partial charge >= 0.3 is 0 Å². The van der Waals surface area contributed by atoms with Gasteiger partial charge in [-0.05, 0) is 49.9 Å². The molecule has 102 valence electrons. The van der Waals surface area contributed by atoms with Gasteiger partial charge in [0.2, 0.25) is 0 Å². The van der Waals surface area contributed by atoms with E-state index in [2.05, 4.69) is 5.32 Å². The first-order valence-electron chi connectivity index (χ1n) is 6.94. The molecule has 2 fully saturated rings. The van der Waals surface area contributed by atoms with E-state index in [4.69, 9.17) is 11.6 Å². The third-order valence-electron chi connectivity index (χ3n) is 4.24. The highest BCUT2D eigenvalue weighted by atomic mass is 35.5. The number of hydrogen-bond acceptors (Lipinski definition) is 2. The highest BCUT2D eigenvalue weighted by Gasteiger charge is 2.36. The van der Waals surface area contributed by atoms with Crippen molar-refractivity contribution in [3.05, 3.63) is 34.3 Å². The van der Waals surface area contributed by atoms with Crippen LogP contribution >= 0.6 is 11.6 Å². The van der Waals surface area contributed by atoms with Crippen LogP contribution in [0.2, 0.25) is 5.02 Å². The number of carbonyl (C=O) groups excluding carboxylic acids is 1. The van der Waals surface area contributed by atoms with Crippen molar-refractivity contribution < 1.29 is 4.79 Å². The number of benzene rings is 1. The molecule has 2 aliphatic heterocycles. The first-order chi connectivity index (χ1) is 9.15. The van der Waals surface area contributed by atoms with Crippen LogP contribution in [-0.2, 0) is 0 Å². The molecule has 2 atom stereocenters. The molecule has 19 heavy (non-hydrogen) atoms. The third-order valence-corrected chi connectivity index (χ3v) is 4.55. The number of rotatable bonds is 1. The van der Waals surface area contributed by atoms with Crippen LogP contribution in [0.25, 0.3) is 0 Å². The molecular formula is C15H19ClN2O. The second-order valence-electron chi connectivity index (χ2n) is 5.66. The maximum Gasteiger partial charge on any atom is 0.255 e. The standard InChI is InChI=1S/C15H19ClN2O/c1-10-4-5-12(13(16)7-10)15(19)18-8-11-3-2-6-17-14(11)9-18/h4-5,7,11,14,17H,2-3,6,8-9H2,1H3/t11-,14+/m0/s1. The summed E-state index contributed by atoms with van der Waals surface area (Å²) in [6.07, 6.45) is 2.44. The molecule has 1 aromatic carbocycles. The van der Waals surface area contributed by atoms with Gasteiger partial charge in [-0.25, -0.2) is 0 Å². The van der Waals surface area contributed by atoms with Gasteiger partial charge in [0.15, 0.2) is 0 Å². The number of aryl methyl sites for hydroxylation is 1. The molecule has 3 rings (SSSR count). The first-order valence-corrected chi connectivity index (χ1v) is 7.32. The van der Waals surface area contributed by atoms with Crippen LogP contribution in [0.4, 0.5) is 0 Å². The Bertz CT molecular complexity index is 489. The molecule has 0 radical (unpaired) electrons. The largest absolute Gasteiger partial charge is 0.337 e. The van der Waals surface area contributed by atoms with E-state index in [0.29, 0.717) is 22.5 Å². The molecule has 0 aliphatic carbocycles. The summed E-state index contributed by atoms with van der Waals surface area (Å²) >= 11 is 6.19. The predicted octanol–water partition coefficient (Wildman–Crippen LogP) is 2.47. The summed E-state index contributed by atoms with van der Waals surface area (Å²) in [5, 5.41) is 4.08. The van der Waals surface area contributed by atoms with Crippen LogP contribution in [0.15, 0.2) is 18.2 Å². The van der Waals surface area contributed by atoms with E-state index >= 15 is 0 Å². The summed E-state index contributed by atoms with van der Waals surface area (Å²) in [4.78, 5) is 14.5. The number of nitrogens with one attached hydrogen (secondary N) is 1. The van der Waals surface area contributed by atoms with Crippen molar-refractivity contribution in [2.24, 2.45) is 5.92 Å². The Labute approximate surface area is 118 Å². The number of nitrogens with zero attached hydrogens (tertiary/aromatic N) is 1. The van der Waals surface area contributed by atoms with Gasteiger partial charge in [-0.1, -0.05) is 17.7 Å². The highest BCUT2D eigenvalue weighted by molar-refractivity contribution is 6.33. The van der Waals surface area contributed by atoms with Crippen LogP contribution in [0.5, 0.6) is 0 Å². The number of hydrogen-bond donors (Lipinski definition) is 1. The lowest BCUT2D eigenvalue weighted by Crippen LogP contribution is -2.41. The number of halogens is 1. The molecular weight excluding hydrogens is 260 g/mol. The summed E-state index contributed by atoms with van der Waals surface area (Å²) in [5.41, 5.74) is 1.71. The maximum absolute atomic E-state index is 12.5. The van der Waals surface area contributed by atoms with Gasteiger partial charge in [0.1, 0.15) is 0 Å². The molecule has 0 aromatic heterocycles. The van der Waals surface area contributed by atoms with E-state index < -0.39 is 0 Å². The van der Waals surface area contributed by atoms with Crippen molar-refractivity contribution >= 4 is 17.5 Å². The van der Waals surface area contributed by atoms with E-state index in [-0.39, 0.29) is 5.91 Å². The van der Waals surface area contributed by atoms with Crippen LogP contribution in [0.3, 0.4) is 0 Å². The number of piperidine rings is 1. The summed E-state index contributed by atoms with van der Waals surface area (Å²) in [6, 6.07) is 6.12. The number of carbonyl (C=O) groups is 1. The molecule has 3 nitrogen and oxygen atoms in total. The van der Waals surface area contributed by atoms with Crippen LogP contribution in [0, 0.1) is 12.8 Å². The van der Waals surface area contributed by atoms with E-state index in [0.717, 1.165) is 25.2 Å². The molecule has 1 N–H and O–H groups in total. The molecule has 0 spiro atoms. The Balaban J connectivity index is 1.77. The number of amides is 1. The van der Waals surface area contributed by atoms with Crippen molar-refractivity contribution in [1.82, 2.24) is 10.2 Å². The lowest BCUT2D eigenvalue weighted by Gasteiger charge is -2.24. The van der Waals surface area contributed by atoms with Crippen molar-refractivity contribution in [3.63, 3.8) is 0 Å². The maximum atomic E-state index is 12.5. The molecule has 0 unspecified atom stereocenters. The molecule has 1 amide bonds. The van der Waals surface area contributed by atoms with E-state index in [9.17, 15) is 4.79 Å². The van der Waals surface area contributed by atoms with E-state index in [1.807, 2.05) is 30.0 Å². The minimum absolute atomic E-state index is 0.0706. The van der Waals surface area contributed by atoms with Crippen LogP contribution in [0.1, 0.15) is 28.8 Å². The summed E-state index contributed by atoms with van der Waals surface area (Å²) < 4.78 is 0. The minimum Gasteiger partial charge on any atom is -0.337 e. The third kappa shape index (κ3) is 2.49. The van der Waals surface area contributed by atoms with Crippen molar-refractivity contribution in [3.8, 4) is 0 Å². The summed E-state index contributed by atoms with van der Waals surface area (Å²) in [5.74, 6) is 0.683. The summed E-state index contributed by atoms with van der Waals surface area (Å²) in [6.45, 7) is 4.73. The lowest BCUT2D eigenvalue weighted by atomic mass is 9.94. The Morgan fingerprint density at radius 3 is 3.00 bits per heavy atom. The Kier molecular flexibility index (Phi) is 3.50. The minimum atomic E-state index is 0.0706. The van der Waals surface area contributed by atoms with Gasteiger partial charge < -0.3 is 10.2 Å². The predicted molar refractivity (Wildman–Crippen MR) is 76.6 cm³/mol. The lowest BCUT2D eigenvalue weighted by molar-refractivity contribution is 0.0786. The second kappa shape index (κ2) is 5.14. The Morgan fingerprint density at radius 2 is 2.26 bits per heavy atom. The van der Waals surface area contributed by atoms with Gasteiger partial charge in [0.05, 0.1) is 10.6 Å². The monoisotopic (exact) mass is 278 g/mol. The van der Waals surface area contributed by atoms with Gasteiger partial charge in [-0.3, -0.25) is 4.79 Å². The highest BCUT2D eigenvalue weighted by Crippen LogP contribution is 2.27. The zero-order valence-electron chi connectivity index (χ0n) is 11.2. The fourth-order valence-electron chi connectivity index (χ4n) is 3.18. The quantitative estimate of drug-likeness (QED) is 0.856. The Hall–Kier alpha value is -1.06. The number of likely N-dealkylation sites (tertiary alicyclic amines) is 1. The van der Waals surface area contributed by atoms with Crippen molar-refractivity contribution in [2.45, 2.75) is 25.8 Å². The molecule has 2 heterocycles. The van der Waals surface area contributed by atoms with Gasteiger partial charge in [-0.2, -0.15) is 0 Å². The Morgan fingerprint density at radius 1 is 1.42 bits per heavy atom. The normalized spacial score (nSPS) is 26.3. The van der Waals surface area contributed by atoms with Gasteiger partial charge in [0, 0.05) is 19.1 Å². The SMILES string of the molecule is Cc1ccc(C(=O)N2C[C@@H]3CCCN[C@@H]3C2)c(Cl)c1.